The average Bonchev–Trinajstić information content (AvgIpc) is 2.17. The Labute approximate surface area is 81.3 Å². The topological polar surface area (TPSA) is 64.1 Å². The van der Waals surface area contributed by atoms with E-state index in [1.165, 1.54) is 10.8 Å². The molecule has 0 radical (unpaired) electrons. The average molecular weight is 198 g/mol. The summed E-state index contributed by atoms with van der Waals surface area (Å²) in [5.41, 5.74) is -0.157. The second-order valence-corrected chi connectivity index (χ2v) is 2.86. The molecule has 0 saturated carbocycles. The first kappa shape index (κ1) is 10.7. The third kappa shape index (κ3) is 2.32. The third-order valence-electron chi connectivity index (χ3n) is 1.90. The number of aromatic nitrogens is 2. The Hall–Kier alpha value is -1.36. The van der Waals surface area contributed by atoms with Gasteiger partial charge in [0.05, 0.1) is 0 Å². The highest BCUT2D eigenvalue weighted by Gasteiger charge is 2.01. The van der Waals surface area contributed by atoms with E-state index in [0.717, 1.165) is 0 Å². The van der Waals surface area contributed by atoms with Crippen molar-refractivity contribution in [2.24, 2.45) is 0 Å². The molecule has 0 aromatic carbocycles. The SMILES string of the molecule is CCOCn1cc(CC)c(=O)[nH]c1=O. The van der Waals surface area contributed by atoms with Crippen molar-refractivity contribution >= 4 is 0 Å². The summed E-state index contributed by atoms with van der Waals surface area (Å²) < 4.78 is 6.43. The van der Waals surface area contributed by atoms with E-state index >= 15 is 0 Å². The van der Waals surface area contributed by atoms with Crippen molar-refractivity contribution in [2.75, 3.05) is 6.61 Å². The number of hydrogen-bond acceptors (Lipinski definition) is 3. The highest BCUT2D eigenvalue weighted by Crippen LogP contribution is 1.89. The number of aryl methyl sites for hydroxylation is 1. The molecule has 0 aliphatic rings. The lowest BCUT2D eigenvalue weighted by molar-refractivity contribution is 0.0841. The highest BCUT2D eigenvalue weighted by molar-refractivity contribution is 5.03. The van der Waals surface area contributed by atoms with Crippen LogP contribution in [0.25, 0.3) is 0 Å². The summed E-state index contributed by atoms with van der Waals surface area (Å²) >= 11 is 0. The fraction of sp³-hybridized carbons (Fsp3) is 0.556. The van der Waals surface area contributed by atoms with Crippen LogP contribution in [0.5, 0.6) is 0 Å². The van der Waals surface area contributed by atoms with Crippen molar-refractivity contribution in [3.63, 3.8) is 0 Å². The summed E-state index contributed by atoms with van der Waals surface area (Å²) in [7, 11) is 0. The van der Waals surface area contributed by atoms with Crippen molar-refractivity contribution in [3.05, 3.63) is 32.6 Å². The number of hydrogen-bond donors (Lipinski definition) is 1. The molecule has 0 aliphatic carbocycles. The van der Waals surface area contributed by atoms with E-state index in [1.807, 2.05) is 13.8 Å². The van der Waals surface area contributed by atoms with E-state index in [2.05, 4.69) is 4.98 Å². The Balaban J connectivity index is 3.05. The Morgan fingerprint density at radius 1 is 1.43 bits per heavy atom. The first-order valence-corrected chi connectivity index (χ1v) is 4.59. The molecule has 14 heavy (non-hydrogen) atoms. The van der Waals surface area contributed by atoms with Crippen LogP contribution in [0.1, 0.15) is 19.4 Å². The Bertz CT molecular complexity index is 405. The molecule has 0 fully saturated rings. The molecule has 1 aromatic rings. The summed E-state index contributed by atoms with van der Waals surface area (Å²) in [5.74, 6) is 0. The van der Waals surface area contributed by atoms with E-state index in [9.17, 15) is 9.59 Å². The summed E-state index contributed by atoms with van der Waals surface area (Å²) in [5, 5.41) is 0. The second-order valence-electron chi connectivity index (χ2n) is 2.86. The van der Waals surface area contributed by atoms with E-state index in [4.69, 9.17) is 4.74 Å². The molecule has 0 atom stereocenters. The minimum absolute atomic E-state index is 0.180. The van der Waals surface area contributed by atoms with Crippen LogP contribution in [-0.4, -0.2) is 16.2 Å². The molecule has 1 aromatic heterocycles. The smallest absolute Gasteiger partial charge is 0.330 e. The lowest BCUT2D eigenvalue weighted by Crippen LogP contribution is -2.32. The van der Waals surface area contributed by atoms with Gasteiger partial charge in [-0.1, -0.05) is 6.92 Å². The van der Waals surface area contributed by atoms with Crippen LogP contribution in [-0.2, 0) is 17.9 Å². The van der Waals surface area contributed by atoms with Crippen molar-refractivity contribution in [1.29, 1.82) is 0 Å². The number of nitrogens with one attached hydrogen (secondary N) is 1. The molecule has 1 N–H and O–H groups in total. The van der Waals surface area contributed by atoms with Gasteiger partial charge in [-0.05, 0) is 13.3 Å². The maximum atomic E-state index is 11.2. The molecule has 0 spiro atoms. The molecule has 1 rings (SSSR count). The lowest BCUT2D eigenvalue weighted by Gasteiger charge is -2.05. The third-order valence-corrected chi connectivity index (χ3v) is 1.90. The fourth-order valence-electron chi connectivity index (χ4n) is 1.09. The fourth-order valence-corrected chi connectivity index (χ4v) is 1.09. The monoisotopic (exact) mass is 198 g/mol. The minimum atomic E-state index is -0.430. The predicted molar refractivity (Wildman–Crippen MR) is 52.3 cm³/mol. The van der Waals surface area contributed by atoms with Gasteiger partial charge in [0.25, 0.3) is 5.56 Å². The maximum absolute atomic E-state index is 11.2. The van der Waals surface area contributed by atoms with Crippen LogP contribution in [0.3, 0.4) is 0 Å². The maximum Gasteiger partial charge on any atom is 0.330 e. The van der Waals surface area contributed by atoms with Gasteiger partial charge in [0.15, 0.2) is 0 Å². The van der Waals surface area contributed by atoms with Gasteiger partial charge in [-0.25, -0.2) is 4.79 Å². The Morgan fingerprint density at radius 3 is 2.71 bits per heavy atom. The van der Waals surface area contributed by atoms with Crippen molar-refractivity contribution in [2.45, 2.75) is 27.0 Å². The minimum Gasteiger partial charge on any atom is -0.361 e. The van der Waals surface area contributed by atoms with E-state index < -0.39 is 5.69 Å². The number of rotatable bonds is 4. The van der Waals surface area contributed by atoms with Crippen molar-refractivity contribution < 1.29 is 4.74 Å². The normalized spacial score (nSPS) is 10.4. The molecule has 0 bridgehead atoms. The summed E-state index contributed by atoms with van der Waals surface area (Å²) in [4.78, 5) is 24.7. The molecule has 0 unspecified atom stereocenters. The van der Waals surface area contributed by atoms with Gasteiger partial charge in [0.1, 0.15) is 6.73 Å². The molecule has 0 amide bonds. The quantitative estimate of drug-likeness (QED) is 0.745. The second kappa shape index (κ2) is 4.76. The van der Waals surface area contributed by atoms with Gasteiger partial charge in [-0.3, -0.25) is 14.3 Å². The Morgan fingerprint density at radius 2 is 2.14 bits per heavy atom. The van der Waals surface area contributed by atoms with Crippen LogP contribution >= 0.6 is 0 Å². The van der Waals surface area contributed by atoms with E-state index in [1.54, 1.807) is 0 Å². The van der Waals surface area contributed by atoms with Gasteiger partial charge in [0.2, 0.25) is 0 Å². The highest BCUT2D eigenvalue weighted by atomic mass is 16.5. The van der Waals surface area contributed by atoms with E-state index in [-0.39, 0.29) is 12.3 Å². The zero-order valence-electron chi connectivity index (χ0n) is 8.37. The molecule has 5 heteroatoms. The number of aromatic amines is 1. The van der Waals surface area contributed by atoms with Gasteiger partial charge < -0.3 is 4.74 Å². The van der Waals surface area contributed by atoms with E-state index in [0.29, 0.717) is 18.6 Å². The predicted octanol–water partition coefficient (Wildman–Crippen LogP) is 0.0930. The van der Waals surface area contributed by atoms with Crippen LogP contribution in [0, 0.1) is 0 Å². The van der Waals surface area contributed by atoms with Crippen LogP contribution in [0.2, 0.25) is 0 Å². The van der Waals surface area contributed by atoms with Gasteiger partial charge in [-0.2, -0.15) is 0 Å². The molecular weight excluding hydrogens is 184 g/mol. The summed E-state index contributed by atoms with van der Waals surface area (Å²) in [6, 6.07) is 0. The zero-order valence-corrected chi connectivity index (χ0v) is 8.37. The first-order chi connectivity index (χ1) is 6.69. The van der Waals surface area contributed by atoms with Crippen molar-refractivity contribution in [1.82, 2.24) is 9.55 Å². The summed E-state index contributed by atoms with van der Waals surface area (Å²) in [6.07, 6.45) is 2.14. The molecule has 1 heterocycles. The zero-order chi connectivity index (χ0) is 10.6. The van der Waals surface area contributed by atoms with Crippen LogP contribution < -0.4 is 11.2 Å². The molecule has 0 saturated heterocycles. The lowest BCUT2D eigenvalue weighted by atomic mass is 10.3. The summed E-state index contributed by atoms with van der Waals surface area (Å²) in [6.45, 7) is 4.42. The first-order valence-electron chi connectivity index (χ1n) is 4.59. The van der Waals surface area contributed by atoms with Crippen molar-refractivity contribution in [3.8, 4) is 0 Å². The number of ether oxygens (including phenoxy) is 1. The largest absolute Gasteiger partial charge is 0.361 e. The number of nitrogens with zero attached hydrogens (tertiary/aromatic N) is 1. The van der Waals surface area contributed by atoms with Gasteiger partial charge in [-0.15, -0.1) is 0 Å². The van der Waals surface area contributed by atoms with Crippen LogP contribution in [0.15, 0.2) is 15.8 Å². The molecule has 0 aliphatic heterocycles. The van der Waals surface area contributed by atoms with Crippen LogP contribution in [0.4, 0.5) is 0 Å². The molecule has 78 valence electrons. The van der Waals surface area contributed by atoms with Gasteiger partial charge in [0, 0.05) is 18.4 Å². The number of H-pyrrole nitrogens is 1. The Kier molecular flexibility index (Phi) is 3.64. The van der Waals surface area contributed by atoms with Gasteiger partial charge >= 0.3 is 5.69 Å². The molecular formula is C9H14N2O3. The standard InChI is InChI=1S/C9H14N2O3/c1-3-7-5-11(6-14-4-2)9(13)10-8(7)12/h5H,3-4,6H2,1-2H3,(H,10,12,13). The molecule has 5 nitrogen and oxygen atoms in total.